The molecular weight excluding hydrogens is 230 g/mol. The van der Waals surface area contributed by atoms with Crippen LogP contribution in [0.2, 0.25) is 5.02 Å². The molecule has 16 heavy (non-hydrogen) atoms. The van der Waals surface area contributed by atoms with Crippen molar-refractivity contribution in [2.75, 3.05) is 0 Å². The highest BCUT2D eigenvalue weighted by atomic mass is 35.5. The molecule has 2 N–H and O–H groups in total. The average molecular weight is 242 g/mol. The summed E-state index contributed by atoms with van der Waals surface area (Å²) in [6.45, 7) is 1.87. The van der Waals surface area contributed by atoms with Crippen LogP contribution in [-0.2, 0) is 16.0 Å². The number of aryl methyl sites for hydroxylation is 1. The Labute approximate surface area is 98.2 Å². The molecule has 5 heteroatoms. The first kappa shape index (κ1) is 12.5. The van der Waals surface area contributed by atoms with Crippen LogP contribution in [0.25, 0.3) is 0 Å². The lowest BCUT2D eigenvalue weighted by Crippen LogP contribution is -2.37. The molecule has 0 aliphatic rings. The third-order valence-corrected chi connectivity index (χ3v) is 2.65. The maximum Gasteiger partial charge on any atom is 0.326 e. The molecular formula is C11H12ClNO3. The normalized spacial score (nSPS) is 11.9. The van der Waals surface area contributed by atoms with Crippen molar-refractivity contribution in [2.45, 2.75) is 19.4 Å². The van der Waals surface area contributed by atoms with Gasteiger partial charge in [-0.1, -0.05) is 23.7 Å². The first-order valence-corrected chi connectivity index (χ1v) is 5.10. The summed E-state index contributed by atoms with van der Waals surface area (Å²) in [5, 5.41) is 11.7. The van der Waals surface area contributed by atoms with Gasteiger partial charge in [0, 0.05) is 11.4 Å². The summed E-state index contributed by atoms with van der Waals surface area (Å²) >= 11 is 5.92. The SMILES string of the molecule is Cc1ccc(CC(NC=O)C(=O)O)cc1Cl. The van der Waals surface area contributed by atoms with Crippen LogP contribution >= 0.6 is 11.6 Å². The molecule has 0 spiro atoms. The number of carboxylic acids is 1. The van der Waals surface area contributed by atoms with Gasteiger partial charge in [0.2, 0.25) is 6.41 Å². The second-order valence-electron chi connectivity index (χ2n) is 3.46. The van der Waals surface area contributed by atoms with Crippen molar-refractivity contribution in [1.82, 2.24) is 5.32 Å². The minimum absolute atomic E-state index is 0.216. The predicted molar refractivity (Wildman–Crippen MR) is 60.5 cm³/mol. The predicted octanol–water partition coefficient (Wildman–Crippen LogP) is 1.39. The van der Waals surface area contributed by atoms with Crippen molar-refractivity contribution in [3.63, 3.8) is 0 Å². The van der Waals surface area contributed by atoms with Gasteiger partial charge >= 0.3 is 5.97 Å². The fraction of sp³-hybridized carbons (Fsp3) is 0.273. The van der Waals surface area contributed by atoms with Crippen LogP contribution in [0.3, 0.4) is 0 Å². The number of benzene rings is 1. The Morgan fingerprint density at radius 2 is 2.31 bits per heavy atom. The van der Waals surface area contributed by atoms with Crippen molar-refractivity contribution < 1.29 is 14.7 Å². The van der Waals surface area contributed by atoms with Crippen LogP contribution in [0.1, 0.15) is 11.1 Å². The van der Waals surface area contributed by atoms with Crippen LogP contribution in [0, 0.1) is 6.92 Å². The maximum atomic E-state index is 10.8. The lowest BCUT2D eigenvalue weighted by atomic mass is 10.0. The van der Waals surface area contributed by atoms with E-state index in [1.807, 2.05) is 13.0 Å². The van der Waals surface area contributed by atoms with Crippen LogP contribution in [-0.4, -0.2) is 23.5 Å². The molecule has 0 saturated carbocycles. The third kappa shape index (κ3) is 3.24. The molecule has 4 nitrogen and oxygen atoms in total. The van der Waals surface area contributed by atoms with Crippen molar-refractivity contribution in [2.24, 2.45) is 0 Å². The van der Waals surface area contributed by atoms with Gasteiger partial charge in [-0.15, -0.1) is 0 Å². The number of halogens is 1. The Morgan fingerprint density at radius 3 is 2.81 bits per heavy atom. The molecule has 0 aliphatic carbocycles. The molecule has 0 saturated heterocycles. The largest absolute Gasteiger partial charge is 0.480 e. The minimum Gasteiger partial charge on any atom is -0.480 e. The van der Waals surface area contributed by atoms with E-state index in [9.17, 15) is 9.59 Å². The number of nitrogens with one attached hydrogen (secondary N) is 1. The van der Waals surface area contributed by atoms with Gasteiger partial charge in [0.25, 0.3) is 0 Å². The second kappa shape index (κ2) is 5.51. The number of carboxylic acid groups (broad SMARTS) is 1. The van der Waals surface area contributed by atoms with E-state index in [0.29, 0.717) is 11.4 Å². The molecule has 0 aromatic heterocycles. The zero-order valence-corrected chi connectivity index (χ0v) is 9.49. The van der Waals surface area contributed by atoms with Gasteiger partial charge in [0.05, 0.1) is 0 Å². The molecule has 1 aromatic carbocycles. The Hall–Kier alpha value is -1.55. The quantitative estimate of drug-likeness (QED) is 0.766. The van der Waals surface area contributed by atoms with Crippen molar-refractivity contribution >= 4 is 24.0 Å². The smallest absolute Gasteiger partial charge is 0.326 e. The molecule has 1 aromatic rings. The fourth-order valence-electron chi connectivity index (χ4n) is 1.30. The number of aliphatic carboxylic acids is 1. The summed E-state index contributed by atoms with van der Waals surface area (Å²) in [4.78, 5) is 21.0. The number of carbonyl (C=O) groups excluding carboxylic acids is 1. The van der Waals surface area contributed by atoms with E-state index in [1.165, 1.54) is 0 Å². The number of hydrogen-bond acceptors (Lipinski definition) is 2. The average Bonchev–Trinajstić information content (AvgIpc) is 2.22. The number of hydrogen-bond donors (Lipinski definition) is 2. The van der Waals surface area contributed by atoms with Crippen molar-refractivity contribution in [1.29, 1.82) is 0 Å². The highest BCUT2D eigenvalue weighted by Gasteiger charge is 2.16. The molecule has 0 radical (unpaired) electrons. The highest BCUT2D eigenvalue weighted by Crippen LogP contribution is 2.17. The summed E-state index contributed by atoms with van der Waals surface area (Å²) in [7, 11) is 0. The Kier molecular flexibility index (Phi) is 4.31. The summed E-state index contributed by atoms with van der Waals surface area (Å²) in [5.41, 5.74) is 1.71. The van der Waals surface area contributed by atoms with E-state index in [0.717, 1.165) is 11.1 Å². The Morgan fingerprint density at radius 1 is 1.62 bits per heavy atom. The second-order valence-corrected chi connectivity index (χ2v) is 3.87. The monoisotopic (exact) mass is 241 g/mol. The fourth-order valence-corrected chi connectivity index (χ4v) is 1.50. The summed E-state index contributed by atoms with van der Waals surface area (Å²) in [5.74, 6) is -1.07. The minimum atomic E-state index is -1.07. The highest BCUT2D eigenvalue weighted by molar-refractivity contribution is 6.31. The van der Waals surface area contributed by atoms with Crippen LogP contribution in [0.5, 0.6) is 0 Å². The van der Waals surface area contributed by atoms with Crippen LogP contribution in [0.15, 0.2) is 18.2 Å². The molecule has 0 heterocycles. The van der Waals surface area contributed by atoms with Gasteiger partial charge in [-0.05, 0) is 24.1 Å². The van der Waals surface area contributed by atoms with Gasteiger partial charge < -0.3 is 10.4 Å². The van der Waals surface area contributed by atoms with E-state index in [4.69, 9.17) is 16.7 Å². The molecule has 1 atom stereocenters. The number of rotatable bonds is 5. The first-order chi connectivity index (χ1) is 7.54. The van der Waals surface area contributed by atoms with Crippen molar-refractivity contribution in [3.05, 3.63) is 34.3 Å². The number of amides is 1. The maximum absolute atomic E-state index is 10.8. The summed E-state index contributed by atoms with van der Waals surface area (Å²) < 4.78 is 0. The zero-order valence-electron chi connectivity index (χ0n) is 8.74. The molecule has 1 amide bonds. The van der Waals surface area contributed by atoms with Crippen LogP contribution < -0.4 is 5.32 Å². The van der Waals surface area contributed by atoms with E-state index >= 15 is 0 Å². The Balaban J connectivity index is 2.81. The molecule has 0 aliphatic heterocycles. The lowest BCUT2D eigenvalue weighted by molar-refractivity contribution is -0.140. The first-order valence-electron chi connectivity index (χ1n) is 4.72. The number of carbonyl (C=O) groups is 2. The zero-order chi connectivity index (χ0) is 12.1. The Bertz CT molecular complexity index is 406. The molecule has 0 fully saturated rings. The molecule has 86 valence electrons. The molecule has 1 rings (SSSR count). The van der Waals surface area contributed by atoms with E-state index in [2.05, 4.69) is 5.32 Å². The molecule has 0 bridgehead atoms. The van der Waals surface area contributed by atoms with Gasteiger partial charge in [-0.2, -0.15) is 0 Å². The van der Waals surface area contributed by atoms with E-state index < -0.39 is 12.0 Å². The van der Waals surface area contributed by atoms with Gasteiger partial charge in [-0.3, -0.25) is 4.79 Å². The summed E-state index contributed by atoms with van der Waals surface area (Å²) in [6, 6.07) is 4.40. The van der Waals surface area contributed by atoms with Gasteiger partial charge in [0.15, 0.2) is 0 Å². The van der Waals surface area contributed by atoms with Gasteiger partial charge in [0.1, 0.15) is 6.04 Å². The third-order valence-electron chi connectivity index (χ3n) is 2.24. The summed E-state index contributed by atoms with van der Waals surface area (Å²) in [6.07, 6.45) is 0.600. The standard InChI is InChI=1S/C11H12ClNO3/c1-7-2-3-8(4-9(7)12)5-10(11(15)16)13-6-14/h2-4,6,10H,5H2,1H3,(H,13,14)(H,15,16). The lowest BCUT2D eigenvalue weighted by Gasteiger charge is -2.11. The van der Waals surface area contributed by atoms with E-state index in [1.54, 1.807) is 12.1 Å². The topological polar surface area (TPSA) is 66.4 Å². The molecule has 1 unspecified atom stereocenters. The van der Waals surface area contributed by atoms with E-state index in [-0.39, 0.29) is 6.42 Å². The van der Waals surface area contributed by atoms with Gasteiger partial charge in [-0.25, -0.2) is 4.79 Å². The van der Waals surface area contributed by atoms with Crippen LogP contribution in [0.4, 0.5) is 0 Å². The van der Waals surface area contributed by atoms with Crippen molar-refractivity contribution in [3.8, 4) is 0 Å².